The van der Waals surface area contributed by atoms with Gasteiger partial charge in [-0.3, -0.25) is 9.89 Å². The third kappa shape index (κ3) is 3.51. The van der Waals surface area contributed by atoms with Gasteiger partial charge in [-0.25, -0.2) is 0 Å². The Kier molecular flexibility index (Phi) is 5.15. The SMILES string of the molecule is COc1ccccc1N1CCN(C(=O)C(N)c2c(C)n[nH]c2C)CC1(C)C. The van der Waals surface area contributed by atoms with Crippen LogP contribution in [-0.2, 0) is 4.79 Å². The Hall–Kier alpha value is -2.54. The molecular weight excluding hydrogens is 342 g/mol. The summed E-state index contributed by atoms with van der Waals surface area (Å²) in [5.74, 6) is 0.780. The summed E-state index contributed by atoms with van der Waals surface area (Å²) < 4.78 is 5.53. The van der Waals surface area contributed by atoms with Crippen LogP contribution in [-0.4, -0.2) is 53.3 Å². The van der Waals surface area contributed by atoms with Gasteiger partial charge in [-0.2, -0.15) is 5.10 Å². The maximum atomic E-state index is 13.1. The normalized spacial score (nSPS) is 17.7. The molecule has 0 spiro atoms. The number of carbonyl (C=O) groups excluding carboxylic acids is 1. The third-order valence-corrected chi connectivity index (χ3v) is 5.35. The highest BCUT2D eigenvalue weighted by Gasteiger charge is 2.38. The molecule has 1 saturated heterocycles. The number of hydrogen-bond donors (Lipinski definition) is 2. The van der Waals surface area contributed by atoms with Crippen LogP contribution in [0.15, 0.2) is 24.3 Å². The van der Waals surface area contributed by atoms with E-state index in [1.807, 2.05) is 36.9 Å². The summed E-state index contributed by atoms with van der Waals surface area (Å²) in [6, 6.07) is 7.29. The van der Waals surface area contributed by atoms with Gasteiger partial charge >= 0.3 is 0 Å². The summed E-state index contributed by atoms with van der Waals surface area (Å²) >= 11 is 0. The van der Waals surface area contributed by atoms with E-state index in [4.69, 9.17) is 10.5 Å². The van der Waals surface area contributed by atoms with Gasteiger partial charge < -0.3 is 20.3 Å². The molecule has 1 aliphatic rings. The number of aryl methyl sites for hydroxylation is 2. The molecule has 1 aliphatic heterocycles. The number of carbonyl (C=O) groups is 1. The van der Waals surface area contributed by atoms with Gasteiger partial charge in [0.25, 0.3) is 0 Å². The van der Waals surface area contributed by atoms with Crippen LogP contribution < -0.4 is 15.4 Å². The van der Waals surface area contributed by atoms with Crippen LogP contribution in [0, 0.1) is 13.8 Å². The zero-order chi connectivity index (χ0) is 19.8. The number of amides is 1. The van der Waals surface area contributed by atoms with Crippen LogP contribution >= 0.6 is 0 Å². The summed E-state index contributed by atoms with van der Waals surface area (Å²) in [7, 11) is 1.68. The lowest BCUT2D eigenvalue weighted by Crippen LogP contribution is -2.61. The number of nitrogens with two attached hydrogens (primary N) is 1. The molecule has 0 saturated carbocycles. The molecule has 0 radical (unpaired) electrons. The number of H-pyrrole nitrogens is 1. The van der Waals surface area contributed by atoms with E-state index >= 15 is 0 Å². The quantitative estimate of drug-likeness (QED) is 0.860. The highest BCUT2D eigenvalue weighted by molar-refractivity contribution is 5.84. The summed E-state index contributed by atoms with van der Waals surface area (Å²) in [5.41, 5.74) is 9.53. The van der Waals surface area contributed by atoms with E-state index < -0.39 is 6.04 Å². The number of rotatable bonds is 4. The zero-order valence-corrected chi connectivity index (χ0v) is 16.7. The van der Waals surface area contributed by atoms with Gasteiger partial charge in [0.1, 0.15) is 11.8 Å². The lowest BCUT2D eigenvalue weighted by atomic mass is 9.96. The molecule has 7 heteroatoms. The molecule has 146 valence electrons. The Morgan fingerprint density at radius 3 is 2.59 bits per heavy atom. The summed E-state index contributed by atoms with van der Waals surface area (Å²) in [6.45, 7) is 9.96. The predicted molar refractivity (Wildman–Crippen MR) is 106 cm³/mol. The number of aromatic nitrogens is 2. The summed E-state index contributed by atoms with van der Waals surface area (Å²) in [5, 5.41) is 7.08. The number of hydrogen-bond acceptors (Lipinski definition) is 5. The highest BCUT2D eigenvalue weighted by Crippen LogP contribution is 2.35. The highest BCUT2D eigenvalue weighted by atomic mass is 16.5. The largest absolute Gasteiger partial charge is 0.495 e. The molecule has 1 atom stereocenters. The Labute approximate surface area is 160 Å². The number of anilines is 1. The van der Waals surface area contributed by atoms with Crippen LogP contribution in [0.25, 0.3) is 0 Å². The van der Waals surface area contributed by atoms with Gasteiger partial charge in [-0.15, -0.1) is 0 Å². The summed E-state index contributed by atoms with van der Waals surface area (Å²) in [6.07, 6.45) is 0. The number of ether oxygens (including phenoxy) is 1. The first-order valence-electron chi connectivity index (χ1n) is 9.22. The van der Waals surface area contributed by atoms with Crippen molar-refractivity contribution < 1.29 is 9.53 Å². The van der Waals surface area contributed by atoms with Crippen molar-refractivity contribution in [3.05, 3.63) is 41.2 Å². The van der Waals surface area contributed by atoms with Crippen molar-refractivity contribution in [1.82, 2.24) is 15.1 Å². The third-order valence-electron chi connectivity index (χ3n) is 5.35. The second-order valence-electron chi connectivity index (χ2n) is 7.72. The maximum absolute atomic E-state index is 13.1. The zero-order valence-electron chi connectivity index (χ0n) is 16.7. The second kappa shape index (κ2) is 7.23. The van der Waals surface area contributed by atoms with E-state index in [0.29, 0.717) is 13.1 Å². The molecule has 1 aromatic heterocycles. The molecule has 0 bridgehead atoms. The van der Waals surface area contributed by atoms with Gasteiger partial charge in [0.05, 0.1) is 24.0 Å². The molecule has 1 aromatic carbocycles. The van der Waals surface area contributed by atoms with E-state index in [2.05, 4.69) is 35.0 Å². The first-order chi connectivity index (χ1) is 12.8. The van der Waals surface area contributed by atoms with Crippen LogP contribution in [0.1, 0.15) is 36.8 Å². The summed E-state index contributed by atoms with van der Waals surface area (Å²) in [4.78, 5) is 17.2. The van der Waals surface area contributed by atoms with Crippen LogP contribution in [0.5, 0.6) is 5.75 Å². The van der Waals surface area contributed by atoms with Crippen LogP contribution in [0.2, 0.25) is 0 Å². The Bertz CT molecular complexity index is 810. The van der Waals surface area contributed by atoms with E-state index in [1.165, 1.54) is 0 Å². The van der Waals surface area contributed by atoms with Gasteiger partial charge in [0.15, 0.2) is 0 Å². The van der Waals surface area contributed by atoms with Crippen molar-refractivity contribution >= 4 is 11.6 Å². The number of benzene rings is 1. The fourth-order valence-corrected chi connectivity index (χ4v) is 3.98. The number of aromatic amines is 1. The van der Waals surface area contributed by atoms with E-state index in [-0.39, 0.29) is 11.4 Å². The van der Waals surface area contributed by atoms with Crippen LogP contribution in [0.3, 0.4) is 0 Å². The van der Waals surface area contributed by atoms with Crippen molar-refractivity contribution in [3.63, 3.8) is 0 Å². The number of piperazine rings is 1. The molecule has 2 heterocycles. The topological polar surface area (TPSA) is 87.5 Å². The van der Waals surface area contributed by atoms with E-state index in [1.54, 1.807) is 7.11 Å². The fourth-order valence-electron chi connectivity index (χ4n) is 3.98. The van der Waals surface area contributed by atoms with Crippen LogP contribution in [0.4, 0.5) is 5.69 Å². The van der Waals surface area contributed by atoms with Gasteiger partial charge in [-0.05, 0) is 39.8 Å². The number of methoxy groups -OCH3 is 1. The molecule has 1 amide bonds. The fraction of sp³-hybridized carbons (Fsp3) is 0.500. The first-order valence-corrected chi connectivity index (χ1v) is 9.22. The molecule has 3 N–H and O–H groups in total. The minimum atomic E-state index is -0.697. The van der Waals surface area contributed by atoms with Gasteiger partial charge in [-0.1, -0.05) is 12.1 Å². The second-order valence-corrected chi connectivity index (χ2v) is 7.72. The van der Waals surface area contributed by atoms with E-state index in [9.17, 15) is 4.79 Å². The van der Waals surface area contributed by atoms with Crippen molar-refractivity contribution in [2.24, 2.45) is 5.73 Å². The van der Waals surface area contributed by atoms with Crippen molar-refractivity contribution in [3.8, 4) is 5.75 Å². The molecule has 2 aromatic rings. The molecular formula is C20H29N5O2. The average molecular weight is 371 g/mol. The van der Waals surface area contributed by atoms with Gasteiger partial charge in [0, 0.05) is 30.9 Å². The molecule has 7 nitrogen and oxygen atoms in total. The first kappa shape index (κ1) is 19.2. The minimum Gasteiger partial charge on any atom is -0.495 e. The van der Waals surface area contributed by atoms with E-state index in [0.717, 1.165) is 34.9 Å². The molecule has 1 fully saturated rings. The lowest BCUT2D eigenvalue weighted by molar-refractivity contribution is -0.134. The molecule has 27 heavy (non-hydrogen) atoms. The number of nitrogens with zero attached hydrogens (tertiary/aromatic N) is 3. The number of nitrogens with one attached hydrogen (secondary N) is 1. The average Bonchev–Trinajstić information content (AvgIpc) is 2.98. The molecule has 3 rings (SSSR count). The smallest absolute Gasteiger partial charge is 0.244 e. The van der Waals surface area contributed by atoms with Crippen molar-refractivity contribution in [2.75, 3.05) is 31.6 Å². The van der Waals surface area contributed by atoms with Gasteiger partial charge in [0.2, 0.25) is 5.91 Å². The maximum Gasteiger partial charge on any atom is 0.244 e. The molecule has 0 aliphatic carbocycles. The Morgan fingerprint density at radius 2 is 2.00 bits per heavy atom. The Balaban J connectivity index is 1.80. The van der Waals surface area contributed by atoms with Crippen molar-refractivity contribution in [1.29, 1.82) is 0 Å². The standard InChI is InChI=1S/C20H29N5O2/c1-13-17(14(2)23-22-13)18(21)19(26)24-10-11-25(20(3,4)12-24)15-8-6-7-9-16(15)27-5/h6-9,18H,10-12,21H2,1-5H3,(H,22,23). The van der Waals surface area contributed by atoms with Crippen molar-refractivity contribution in [2.45, 2.75) is 39.3 Å². The monoisotopic (exact) mass is 371 g/mol. The Morgan fingerprint density at radius 1 is 1.30 bits per heavy atom. The lowest BCUT2D eigenvalue weighted by Gasteiger charge is -2.49. The molecule has 1 unspecified atom stereocenters. The number of para-hydroxylation sites is 2. The predicted octanol–water partition coefficient (Wildman–Crippen LogP) is 2.16. The minimum absolute atomic E-state index is 0.0599.